The standard InChI is InChI=1S/C10H22NO3PS.C5H11NO2S/c1-5-15(13,6-2)11-9(7-8-16-4)10(12)14-3;1-9-3-2-4(6)5(7)8/h9H,5-8H2,1-4H3,(H,11,13);4H,2-3,6H2,1H3,(H,7,8)/t9-;4-/m00/s1. The molecule has 0 fully saturated rings. The highest BCUT2D eigenvalue weighted by Crippen LogP contribution is 2.40. The van der Waals surface area contributed by atoms with Gasteiger partial charge in [0.1, 0.15) is 19.4 Å². The van der Waals surface area contributed by atoms with Crippen LogP contribution in [0.4, 0.5) is 0 Å². The van der Waals surface area contributed by atoms with Gasteiger partial charge in [-0.2, -0.15) is 23.5 Å². The number of hydrogen-bond acceptors (Lipinski definition) is 7. The number of aliphatic carboxylic acids is 1. The van der Waals surface area contributed by atoms with Gasteiger partial charge in [-0.15, -0.1) is 0 Å². The molecule has 0 rings (SSSR count). The molecule has 0 unspecified atom stereocenters. The smallest absolute Gasteiger partial charge is 0.323 e. The van der Waals surface area contributed by atoms with Crippen LogP contribution in [0.15, 0.2) is 0 Å². The van der Waals surface area contributed by atoms with Gasteiger partial charge in [0.2, 0.25) is 0 Å². The predicted octanol–water partition coefficient (Wildman–Crippen LogP) is 2.34. The highest BCUT2D eigenvalue weighted by molar-refractivity contribution is 7.98. The molecule has 0 bridgehead atoms. The van der Waals surface area contributed by atoms with Gasteiger partial charge in [-0.25, -0.2) is 0 Å². The molecule has 2 atom stereocenters. The zero-order chi connectivity index (χ0) is 19.9. The minimum absolute atomic E-state index is 0.323. The first-order valence-corrected chi connectivity index (χ1v) is 13.0. The van der Waals surface area contributed by atoms with Gasteiger partial charge in [-0.3, -0.25) is 14.7 Å². The molecule has 10 heteroatoms. The summed E-state index contributed by atoms with van der Waals surface area (Å²) in [5.74, 6) is 0.424. The number of esters is 1. The van der Waals surface area contributed by atoms with E-state index in [0.29, 0.717) is 25.2 Å². The fourth-order valence-electron chi connectivity index (χ4n) is 1.67. The third-order valence-corrected chi connectivity index (χ3v) is 7.57. The number of rotatable bonds is 12. The monoisotopic (exact) mass is 416 g/mol. The number of nitrogens with one attached hydrogen (secondary N) is 1. The van der Waals surface area contributed by atoms with Crippen LogP contribution in [0.1, 0.15) is 26.7 Å². The maximum atomic E-state index is 12.2. The number of carbonyl (C=O) groups excluding carboxylic acids is 1. The molecule has 0 aromatic carbocycles. The van der Waals surface area contributed by atoms with Crippen molar-refractivity contribution in [1.29, 1.82) is 0 Å². The first-order chi connectivity index (χ1) is 11.7. The SMILES string of the molecule is CCP(=O)(CC)N[C@@H](CCSC)C(=O)OC.CSCC[C@H](N)C(=O)O. The van der Waals surface area contributed by atoms with Gasteiger partial charge in [0.05, 0.1) is 7.11 Å². The lowest BCUT2D eigenvalue weighted by atomic mass is 10.2. The Morgan fingerprint density at radius 1 is 1.16 bits per heavy atom. The van der Waals surface area contributed by atoms with Crippen LogP contribution in [0.3, 0.4) is 0 Å². The van der Waals surface area contributed by atoms with Crippen molar-refractivity contribution >= 4 is 42.8 Å². The molecule has 4 N–H and O–H groups in total. The Balaban J connectivity index is 0. The minimum Gasteiger partial charge on any atom is -0.480 e. The summed E-state index contributed by atoms with van der Waals surface area (Å²) in [5, 5.41) is 11.3. The van der Waals surface area contributed by atoms with E-state index in [1.54, 1.807) is 23.5 Å². The van der Waals surface area contributed by atoms with E-state index in [-0.39, 0.29) is 5.97 Å². The van der Waals surface area contributed by atoms with Crippen molar-refractivity contribution in [2.75, 3.05) is 43.5 Å². The topological polar surface area (TPSA) is 119 Å². The third-order valence-electron chi connectivity index (χ3n) is 3.46. The molecule has 0 aromatic heterocycles. The second kappa shape index (κ2) is 16.0. The van der Waals surface area contributed by atoms with Crippen molar-refractivity contribution in [3.8, 4) is 0 Å². The van der Waals surface area contributed by atoms with Crippen LogP contribution < -0.4 is 10.8 Å². The van der Waals surface area contributed by atoms with Crippen LogP contribution in [0.25, 0.3) is 0 Å². The number of ether oxygens (including phenoxy) is 1. The summed E-state index contributed by atoms with van der Waals surface area (Å²) in [5.41, 5.74) is 5.19. The van der Waals surface area contributed by atoms with E-state index in [1.165, 1.54) is 7.11 Å². The number of methoxy groups -OCH3 is 1. The Labute approximate surface area is 160 Å². The molecule has 0 radical (unpaired) electrons. The molecule has 0 saturated carbocycles. The minimum atomic E-state index is -2.40. The number of hydrogen-bond donors (Lipinski definition) is 3. The maximum Gasteiger partial charge on any atom is 0.323 e. The van der Waals surface area contributed by atoms with Crippen molar-refractivity contribution < 1.29 is 24.0 Å². The zero-order valence-electron chi connectivity index (χ0n) is 15.8. The summed E-state index contributed by atoms with van der Waals surface area (Å²) in [4.78, 5) is 21.6. The van der Waals surface area contributed by atoms with E-state index in [0.717, 1.165) is 11.5 Å². The van der Waals surface area contributed by atoms with Gasteiger partial charge in [0.15, 0.2) is 0 Å². The van der Waals surface area contributed by atoms with Crippen LogP contribution in [-0.2, 0) is 18.9 Å². The van der Waals surface area contributed by atoms with Gasteiger partial charge >= 0.3 is 11.9 Å². The molecule has 150 valence electrons. The van der Waals surface area contributed by atoms with E-state index < -0.39 is 25.3 Å². The van der Waals surface area contributed by atoms with Crippen LogP contribution in [-0.4, -0.2) is 72.6 Å². The Kier molecular flexibility index (Phi) is 17.3. The molecule has 0 aromatic rings. The number of carboxylic acids is 1. The quantitative estimate of drug-likeness (QED) is 0.325. The molecule has 0 aliphatic carbocycles. The summed E-state index contributed by atoms with van der Waals surface area (Å²) < 4.78 is 16.9. The van der Waals surface area contributed by atoms with E-state index in [9.17, 15) is 14.2 Å². The molecule has 7 nitrogen and oxygen atoms in total. The Hall–Kier alpha value is -0.210. The highest BCUT2D eigenvalue weighted by Gasteiger charge is 2.26. The van der Waals surface area contributed by atoms with Crippen molar-refractivity contribution in [2.45, 2.75) is 38.8 Å². The summed E-state index contributed by atoms with van der Waals surface area (Å²) in [6, 6.07) is -1.12. The summed E-state index contributed by atoms with van der Waals surface area (Å²) in [7, 11) is -1.04. The van der Waals surface area contributed by atoms with Gasteiger partial charge in [0.25, 0.3) is 0 Å². The average molecular weight is 417 g/mol. The van der Waals surface area contributed by atoms with E-state index in [2.05, 4.69) is 5.09 Å². The second-order valence-electron chi connectivity index (χ2n) is 5.23. The largest absolute Gasteiger partial charge is 0.480 e. The maximum absolute atomic E-state index is 12.2. The fraction of sp³-hybridized carbons (Fsp3) is 0.867. The van der Waals surface area contributed by atoms with Gasteiger partial charge < -0.3 is 20.1 Å². The lowest BCUT2D eigenvalue weighted by Crippen LogP contribution is -2.37. The molecule has 0 amide bonds. The summed E-state index contributed by atoms with van der Waals surface area (Å²) >= 11 is 3.27. The summed E-state index contributed by atoms with van der Waals surface area (Å²) in [6.07, 6.45) is 6.24. The Morgan fingerprint density at radius 3 is 2.00 bits per heavy atom. The number of carboxylic acid groups (broad SMARTS) is 1. The van der Waals surface area contributed by atoms with Crippen molar-refractivity contribution in [1.82, 2.24) is 5.09 Å². The molecule has 0 aliphatic heterocycles. The van der Waals surface area contributed by atoms with Gasteiger partial charge in [-0.05, 0) is 36.9 Å². The van der Waals surface area contributed by atoms with Crippen molar-refractivity contribution in [3.63, 3.8) is 0 Å². The molecular weight excluding hydrogens is 383 g/mol. The Morgan fingerprint density at radius 2 is 1.64 bits per heavy atom. The van der Waals surface area contributed by atoms with Crippen LogP contribution in [0.5, 0.6) is 0 Å². The molecule has 0 saturated heterocycles. The highest BCUT2D eigenvalue weighted by atomic mass is 32.2. The van der Waals surface area contributed by atoms with Crippen LogP contribution >= 0.6 is 30.8 Å². The summed E-state index contributed by atoms with van der Waals surface area (Å²) in [6.45, 7) is 3.75. The normalized spacial score (nSPS) is 13.4. The van der Waals surface area contributed by atoms with Crippen LogP contribution in [0.2, 0.25) is 0 Å². The first kappa shape index (κ1) is 27.0. The van der Waals surface area contributed by atoms with E-state index in [4.69, 9.17) is 15.6 Å². The number of thioether (sulfide) groups is 2. The van der Waals surface area contributed by atoms with Gasteiger partial charge in [-0.1, -0.05) is 13.8 Å². The van der Waals surface area contributed by atoms with E-state index >= 15 is 0 Å². The molecule has 0 heterocycles. The fourth-order valence-corrected chi connectivity index (χ4v) is 4.25. The van der Waals surface area contributed by atoms with Crippen LogP contribution in [0, 0.1) is 0 Å². The molecular formula is C15H33N2O5PS2. The predicted molar refractivity (Wildman–Crippen MR) is 109 cm³/mol. The Bertz CT molecular complexity index is 419. The third kappa shape index (κ3) is 13.6. The van der Waals surface area contributed by atoms with Crippen molar-refractivity contribution in [3.05, 3.63) is 0 Å². The lowest BCUT2D eigenvalue weighted by Gasteiger charge is -2.22. The number of nitrogens with two attached hydrogens (primary N) is 1. The molecule has 0 spiro atoms. The number of carbonyl (C=O) groups is 2. The second-order valence-corrected chi connectivity index (χ2v) is 10.5. The molecule has 0 aliphatic rings. The van der Waals surface area contributed by atoms with Gasteiger partial charge in [0, 0.05) is 12.3 Å². The lowest BCUT2D eigenvalue weighted by molar-refractivity contribution is -0.142. The molecule has 25 heavy (non-hydrogen) atoms. The zero-order valence-corrected chi connectivity index (χ0v) is 18.3. The first-order valence-electron chi connectivity index (χ1n) is 8.11. The average Bonchev–Trinajstić information content (AvgIpc) is 2.62. The van der Waals surface area contributed by atoms with Crippen molar-refractivity contribution in [2.24, 2.45) is 5.73 Å². The van der Waals surface area contributed by atoms with E-state index in [1.807, 2.05) is 26.4 Å².